The molecule has 1 heterocycles. The van der Waals surface area contributed by atoms with Crippen LogP contribution in [0.2, 0.25) is 0 Å². The van der Waals surface area contributed by atoms with E-state index in [9.17, 15) is 15.0 Å². The van der Waals surface area contributed by atoms with Gasteiger partial charge in [0.1, 0.15) is 6.10 Å². The molecule has 4 heteroatoms. The van der Waals surface area contributed by atoms with Crippen molar-refractivity contribution in [1.82, 2.24) is 0 Å². The number of carbonyl (C=O) groups is 1. The number of aliphatic hydroxyl groups excluding tert-OH is 2. The summed E-state index contributed by atoms with van der Waals surface area (Å²) in [4.78, 5) is 11.7. The Labute approximate surface area is 112 Å². The van der Waals surface area contributed by atoms with Gasteiger partial charge in [-0.25, -0.2) is 4.79 Å². The largest absolute Gasteiger partial charge is 0.458 e. The van der Waals surface area contributed by atoms with Crippen LogP contribution in [0.5, 0.6) is 0 Å². The van der Waals surface area contributed by atoms with Gasteiger partial charge in [0.15, 0.2) is 0 Å². The quantitative estimate of drug-likeness (QED) is 0.390. The van der Waals surface area contributed by atoms with E-state index in [1.807, 2.05) is 6.92 Å². The molecule has 0 aromatic carbocycles. The zero-order chi connectivity index (χ0) is 13.9. The maximum Gasteiger partial charge on any atom is 0.334 e. The molecule has 4 nitrogen and oxygen atoms in total. The summed E-state index contributed by atoms with van der Waals surface area (Å²) < 4.78 is 5.46. The van der Waals surface area contributed by atoms with Gasteiger partial charge in [0.25, 0.3) is 0 Å². The molecule has 7 unspecified atom stereocenters. The maximum atomic E-state index is 11.7. The van der Waals surface area contributed by atoms with Crippen molar-refractivity contribution in [3.63, 3.8) is 0 Å². The molecular formula is C15H20O4. The van der Waals surface area contributed by atoms with Gasteiger partial charge in [-0.2, -0.15) is 0 Å². The third kappa shape index (κ3) is 1.70. The minimum atomic E-state index is -0.661. The molecule has 0 aromatic rings. The lowest BCUT2D eigenvalue weighted by Crippen LogP contribution is -2.36. The molecule has 2 aliphatic carbocycles. The van der Waals surface area contributed by atoms with Gasteiger partial charge in [0.2, 0.25) is 0 Å². The standard InChI is InChI=1S/C15H20O4/c1-6-4-11(17)13-8(3)15(18)19-14(13)12-7(2)10(16)5-9(6)12/h7,9-14,16-17H,1,3-5H2,2H3. The highest BCUT2D eigenvalue weighted by Gasteiger charge is 2.56. The summed E-state index contributed by atoms with van der Waals surface area (Å²) >= 11 is 0. The Morgan fingerprint density at radius 2 is 1.95 bits per heavy atom. The first-order valence-corrected chi connectivity index (χ1v) is 6.85. The van der Waals surface area contributed by atoms with Crippen LogP contribution >= 0.6 is 0 Å². The average Bonchev–Trinajstić information content (AvgIpc) is 2.75. The molecule has 2 N–H and O–H groups in total. The fraction of sp³-hybridized carbons (Fsp3) is 0.667. The van der Waals surface area contributed by atoms with Crippen molar-refractivity contribution < 1.29 is 19.7 Å². The summed E-state index contributed by atoms with van der Waals surface area (Å²) in [5.41, 5.74) is 1.32. The van der Waals surface area contributed by atoms with Crippen LogP contribution in [0.1, 0.15) is 19.8 Å². The molecule has 3 aliphatic rings. The molecule has 1 aliphatic heterocycles. The fourth-order valence-corrected chi connectivity index (χ4v) is 4.14. The van der Waals surface area contributed by atoms with Crippen molar-refractivity contribution in [3.05, 3.63) is 24.3 Å². The van der Waals surface area contributed by atoms with Gasteiger partial charge >= 0.3 is 5.97 Å². The number of esters is 1. The maximum absolute atomic E-state index is 11.7. The highest BCUT2D eigenvalue weighted by molar-refractivity contribution is 5.91. The van der Waals surface area contributed by atoms with Gasteiger partial charge < -0.3 is 14.9 Å². The highest BCUT2D eigenvalue weighted by atomic mass is 16.6. The van der Waals surface area contributed by atoms with Crippen molar-refractivity contribution in [2.45, 2.75) is 38.1 Å². The Morgan fingerprint density at radius 1 is 1.26 bits per heavy atom. The second-order valence-electron chi connectivity index (χ2n) is 6.20. The zero-order valence-corrected chi connectivity index (χ0v) is 11.1. The predicted octanol–water partition coefficient (Wildman–Crippen LogP) is 1.04. The van der Waals surface area contributed by atoms with Crippen LogP contribution in [0.15, 0.2) is 24.3 Å². The first kappa shape index (κ1) is 12.9. The SMILES string of the molecule is C=C1CC(O)C2C(=C)C(=O)OC2C2C1CC(O)C2C. The van der Waals surface area contributed by atoms with E-state index in [1.54, 1.807) is 0 Å². The van der Waals surface area contributed by atoms with Crippen molar-refractivity contribution in [3.8, 4) is 0 Å². The van der Waals surface area contributed by atoms with Gasteiger partial charge in [-0.1, -0.05) is 25.7 Å². The number of hydrogen-bond acceptors (Lipinski definition) is 4. The zero-order valence-electron chi connectivity index (χ0n) is 11.1. The van der Waals surface area contributed by atoms with Crippen LogP contribution in [0.25, 0.3) is 0 Å². The Balaban J connectivity index is 2.03. The normalized spacial score (nSPS) is 49.6. The fourth-order valence-electron chi connectivity index (χ4n) is 4.14. The van der Waals surface area contributed by atoms with Crippen molar-refractivity contribution >= 4 is 5.97 Å². The van der Waals surface area contributed by atoms with Gasteiger partial charge in [0, 0.05) is 11.5 Å². The molecule has 0 radical (unpaired) electrons. The summed E-state index contributed by atoms with van der Waals surface area (Å²) in [6, 6.07) is 0. The molecule has 1 saturated heterocycles. The number of rotatable bonds is 0. The summed E-state index contributed by atoms with van der Waals surface area (Å²) in [7, 11) is 0. The van der Waals surface area contributed by atoms with E-state index in [1.165, 1.54) is 0 Å². The van der Waals surface area contributed by atoms with Crippen LogP contribution in [0.4, 0.5) is 0 Å². The van der Waals surface area contributed by atoms with E-state index in [0.29, 0.717) is 18.4 Å². The van der Waals surface area contributed by atoms with Crippen molar-refractivity contribution in [2.24, 2.45) is 23.7 Å². The lowest BCUT2D eigenvalue weighted by Gasteiger charge is -2.29. The van der Waals surface area contributed by atoms with Gasteiger partial charge in [0.05, 0.1) is 18.1 Å². The molecule has 2 saturated carbocycles. The molecule has 0 aromatic heterocycles. The topological polar surface area (TPSA) is 66.8 Å². The molecule has 7 atom stereocenters. The smallest absolute Gasteiger partial charge is 0.334 e. The molecule has 0 amide bonds. The predicted molar refractivity (Wildman–Crippen MR) is 69.0 cm³/mol. The average molecular weight is 264 g/mol. The number of carbonyl (C=O) groups excluding carboxylic acids is 1. The van der Waals surface area contributed by atoms with Crippen LogP contribution in [-0.4, -0.2) is 34.5 Å². The molecule has 19 heavy (non-hydrogen) atoms. The van der Waals surface area contributed by atoms with E-state index in [-0.39, 0.29) is 29.8 Å². The monoisotopic (exact) mass is 264 g/mol. The second kappa shape index (κ2) is 4.18. The van der Waals surface area contributed by atoms with Gasteiger partial charge in [-0.15, -0.1) is 0 Å². The molecule has 104 valence electrons. The number of aliphatic hydroxyl groups is 2. The summed E-state index contributed by atoms with van der Waals surface area (Å²) in [6.45, 7) is 9.81. The molecule has 3 fully saturated rings. The first-order valence-electron chi connectivity index (χ1n) is 6.85. The van der Waals surface area contributed by atoms with Crippen molar-refractivity contribution in [1.29, 1.82) is 0 Å². The van der Waals surface area contributed by atoms with E-state index < -0.39 is 18.2 Å². The summed E-state index contributed by atoms with van der Waals surface area (Å²) in [6.07, 6.45) is -0.324. The lowest BCUT2D eigenvalue weighted by atomic mass is 9.79. The summed E-state index contributed by atoms with van der Waals surface area (Å²) in [5.74, 6) is -0.569. The minimum Gasteiger partial charge on any atom is -0.458 e. The first-order chi connectivity index (χ1) is 8.91. The van der Waals surface area contributed by atoms with E-state index >= 15 is 0 Å². The van der Waals surface area contributed by atoms with Crippen molar-refractivity contribution in [2.75, 3.05) is 0 Å². The van der Waals surface area contributed by atoms with Crippen LogP contribution in [0, 0.1) is 23.7 Å². The number of fused-ring (bicyclic) bond motifs is 3. The van der Waals surface area contributed by atoms with E-state index in [0.717, 1.165) is 5.57 Å². The van der Waals surface area contributed by atoms with E-state index in [2.05, 4.69) is 13.2 Å². The third-order valence-electron chi connectivity index (χ3n) is 5.23. The molecule has 0 bridgehead atoms. The minimum absolute atomic E-state index is 0.0350. The van der Waals surface area contributed by atoms with Gasteiger partial charge in [-0.3, -0.25) is 0 Å². The summed E-state index contributed by atoms with van der Waals surface area (Å²) in [5, 5.41) is 20.4. The van der Waals surface area contributed by atoms with Gasteiger partial charge in [-0.05, 0) is 24.7 Å². The Morgan fingerprint density at radius 3 is 2.63 bits per heavy atom. The Hall–Kier alpha value is -1.13. The van der Waals surface area contributed by atoms with Crippen LogP contribution in [0.3, 0.4) is 0 Å². The highest BCUT2D eigenvalue weighted by Crippen LogP contribution is 2.52. The number of ether oxygens (including phenoxy) is 1. The lowest BCUT2D eigenvalue weighted by molar-refractivity contribution is -0.143. The van der Waals surface area contributed by atoms with Crippen LogP contribution in [-0.2, 0) is 9.53 Å². The van der Waals surface area contributed by atoms with Crippen LogP contribution < -0.4 is 0 Å². The Bertz CT molecular complexity index is 455. The molecular weight excluding hydrogens is 244 g/mol. The molecule has 3 rings (SSSR count). The second-order valence-corrected chi connectivity index (χ2v) is 6.20. The van der Waals surface area contributed by atoms with E-state index in [4.69, 9.17) is 4.74 Å². The Kier molecular flexibility index (Phi) is 2.84. The molecule has 0 spiro atoms. The third-order valence-corrected chi connectivity index (χ3v) is 5.23. The number of hydrogen-bond donors (Lipinski definition) is 2.